The molecule has 0 spiro atoms. The number of quaternary nitrogens is 1. The number of hydrogen-bond acceptors (Lipinski definition) is 1. The van der Waals surface area contributed by atoms with Crippen molar-refractivity contribution in [3.8, 4) is 0 Å². The molecule has 1 aliphatic heterocycles. The summed E-state index contributed by atoms with van der Waals surface area (Å²) in [4.78, 5) is 13.6. The van der Waals surface area contributed by atoms with Crippen molar-refractivity contribution in [3.63, 3.8) is 0 Å². The maximum atomic E-state index is 12.2. The van der Waals surface area contributed by atoms with Gasteiger partial charge in [0.2, 0.25) is 0 Å². The molecule has 1 fully saturated rings. The summed E-state index contributed by atoms with van der Waals surface area (Å²) in [6.07, 6.45) is 6.44. The second-order valence-corrected chi connectivity index (χ2v) is 6.41. The number of hydrogen-bond donors (Lipinski definition) is 2. The van der Waals surface area contributed by atoms with Gasteiger partial charge >= 0.3 is 0 Å². The molecule has 0 aromatic heterocycles. The molecule has 0 unspecified atom stereocenters. The minimum Gasteiger partial charge on any atom is -0.345 e. The van der Waals surface area contributed by atoms with Gasteiger partial charge in [0.05, 0.1) is 19.1 Å². The third kappa shape index (κ3) is 5.33. The van der Waals surface area contributed by atoms with E-state index < -0.39 is 0 Å². The zero-order valence-corrected chi connectivity index (χ0v) is 13.6. The summed E-state index contributed by atoms with van der Waals surface area (Å²) in [5, 5.41) is 3.79. The average molecular weight is 310 g/mol. The Labute approximate surface area is 132 Å². The quantitative estimate of drug-likeness (QED) is 0.879. The predicted molar refractivity (Wildman–Crippen MR) is 86.7 cm³/mol. The fourth-order valence-corrected chi connectivity index (χ4v) is 3.31. The first-order valence-corrected chi connectivity index (χ1v) is 8.42. The van der Waals surface area contributed by atoms with Crippen LogP contribution in [-0.2, 0) is 4.79 Å². The monoisotopic (exact) mass is 309 g/mol. The van der Waals surface area contributed by atoms with E-state index in [0.29, 0.717) is 11.6 Å². The molecule has 0 radical (unpaired) electrons. The molecule has 0 aliphatic carbocycles. The predicted octanol–water partition coefficient (Wildman–Crippen LogP) is 2.37. The molecule has 1 aliphatic rings. The van der Waals surface area contributed by atoms with Gasteiger partial charge in [-0.05, 0) is 44.2 Å². The zero-order valence-electron chi connectivity index (χ0n) is 12.8. The van der Waals surface area contributed by atoms with Crippen LogP contribution in [0.3, 0.4) is 0 Å². The molecule has 116 valence electrons. The van der Waals surface area contributed by atoms with Crippen LogP contribution in [0.4, 0.5) is 0 Å². The SMILES string of the molecule is C[C@H](NC(=O)C[NH+]1CCCCCCC1)c1ccccc1Cl. The summed E-state index contributed by atoms with van der Waals surface area (Å²) in [5.74, 6) is 0.123. The van der Waals surface area contributed by atoms with E-state index in [1.165, 1.54) is 37.0 Å². The molecule has 2 rings (SSSR count). The van der Waals surface area contributed by atoms with E-state index in [0.717, 1.165) is 18.7 Å². The van der Waals surface area contributed by atoms with Gasteiger partial charge in [-0.15, -0.1) is 0 Å². The van der Waals surface area contributed by atoms with Gasteiger partial charge in [0.1, 0.15) is 0 Å². The Balaban J connectivity index is 1.84. The number of nitrogens with one attached hydrogen (secondary N) is 2. The molecular weight excluding hydrogens is 284 g/mol. The molecule has 21 heavy (non-hydrogen) atoms. The van der Waals surface area contributed by atoms with Crippen molar-refractivity contribution >= 4 is 17.5 Å². The number of carbonyl (C=O) groups excluding carboxylic acids is 1. The van der Waals surface area contributed by atoms with E-state index in [1.807, 2.05) is 31.2 Å². The Morgan fingerprint density at radius 1 is 1.19 bits per heavy atom. The number of likely N-dealkylation sites (tertiary alicyclic amines) is 1. The Morgan fingerprint density at radius 3 is 2.48 bits per heavy atom. The number of halogens is 1. The van der Waals surface area contributed by atoms with Gasteiger partial charge in [-0.1, -0.05) is 36.2 Å². The number of rotatable bonds is 4. The zero-order chi connectivity index (χ0) is 15.1. The van der Waals surface area contributed by atoms with Gasteiger partial charge in [-0.2, -0.15) is 0 Å². The maximum absolute atomic E-state index is 12.2. The summed E-state index contributed by atoms with van der Waals surface area (Å²) < 4.78 is 0. The van der Waals surface area contributed by atoms with Crippen molar-refractivity contribution in [2.45, 2.75) is 45.1 Å². The molecule has 0 bridgehead atoms. The number of benzene rings is 1. The highest BCUT2D eigenvalue weighted by Crippen LogP contribution is 2.21. The lowest BCUT2D eigenvalue weighted by Gasteiger charge is -2.22. The van der Waals surface area contributed by atoms with Crippen LogP contribution in [0.15, 0.2) is 24.3 Å². The lowest BCUT2D eigenvalue weighted by molar-refractivity contribution is -0.893. The highest BCUT2D eigenvalue weighted by molar-refractivity contribution is 6.31. The molecule has 2 N–H and O–H groups in total. The van der Waals surface area contributed by atoms with Crippen molar-refractivity contribution in [3.05, 3.63) is 34.9 Å². The fraction of sp³-hybridized carbons (Fsp3) is 0.588. The van der Waals surface area contributed by atoms with E-state index in [1.54, 1.807) is 0 Å². The van der Waals surface area contributed by atoms with E-state index in [-0.39, 0.29) is 11.9 Å². The molecule has 1 aromatic carbocycles. The van der Waals surface area contributed by atoms with E-state index >= 15 is 0 Å². The number of amides is 1. The molecule has 1 heterocycles. The van der Waals surface area contributed by atoms with Crippen LogP contribution in [0.1, 0.15) is 50.6 Å². The van der Waals surface area contributed by atoms with Crippen LogP contribution in [0.2, 0.25) is 5.02 Å². The highest BCUT2D eigenvalue weighted by Gasteiger charge is 2.18. The normalized spacial score (nSPS) is 18.6. The molecule has 1 aromatic rings. The molecule has 4 heteroatoms. The lowest BCUT2D eigenvalue weighted by Crippen LogP contribution is -3.13. The second kappa shape index (κ2) is 8.40. The summed E-state index contributed by atoms with van der Waals surface area (Å²) in [6.45, 7) is 4.80. The van der Waals surface area contributed by atoms with E-state index in [9.17, 15) is 4.79 Å². The first-order chi connectivity index (χ1) is 10.2. The summed E-state index contributed by atoms with van der Waals surface area (Å²) in [7, 11) is 0. The topological polar surface area (TPSA) is 33.5 Å². The van der Waals surface area contributed by atoms with Crippen molar-refractivity contribution < 1.29 is 9.69 Å². The second-order valence-electron chi connectivity index (χ2n) is 6.01. The molecule has 0 saturated carbocycles. The fourth-order valence-electron chi connectivity index (χ4n) is 3.01. The van der Waals surface area contributed by atoms with E-state index in [2.05, 4.69) is 5.32 Å². The third-order valence-electron chi connectivity index (χ3n) is 4.22. The largest absolute Gasteiger partial charge is 0.345 e. The van der Waals surface area contributed by atoms with Crippen molar-refractivity contribution in [1.82, 2.24) is 5.32 Å². The third-order valence-corrected chi connectivity index (χ3v) is 4.56. The van der Waals surface area contributed by atoms with Crippen LogP contribution in [0.25, 0.3) is 0 Å². The summed E-state index contributed by atoms with van der Waals surface area (Å²) >= 11 is 6.18. The maximum Gasteiger partial charge on any atom is 0.275 e. The molecule has 3 nitrogen and oxygen atoms in total. The van der Waals surface area contributed by atoms with E-state index in [4.69, 9.17) is 11.6 Å². The van der Waals surface area contributed by atoms with Gasteiger partial charge in [0.15, 0.2) is 6.54 Å². The highest BCUT2D eigenvalue weighted by atomic mass is 35.5. The van der Waals surface area contributed by atoms with Gasteiger partial charge in [-0.3, -0.25) is 4.79 Å². The minimum atomic E-state index is -0.0413. The Kier molecular flexibility index (Phi) is 6.52. The number of carbonyl (C=O) groups is 1. The van der Waals surface area contributed by atoms with Crippen molar-refractivity contribution in [2.75, 3.05) is 19.6 Å². The van der Waals surface area contributed by atoms with Gasteiger partial charge in [0, 0.05) is 5.02 Å². The Hall–Kier alpha value is -1.06. The molecule has 1 amide bonds. The van der Waals surface area contributed by atoms with Crippen LogP contribution < -0.4 is 10.2 Å². The first-order valence-electron chi connectivity index (χ1n) is 8.04. The summed E-state index contributed by atoms with van der Waals surface area (Å²) in [6, 6.07) is 7.65. The van der Waals surface area contributed by atoms with Crippen molar-refractivity contribution in [1.29, 1.82) is 0 Å². The van der Waals surface area contributed by atoms with Gasteiger partial charge in [0.25, 0.3) is 5.91 Å². The standard InChI is InChI=1S/C17H25ClN2O/c1-14(15-9-5-6-10-16(15)18)19-17(21)13-20-11-7-3-2-4-8-12-20/h5-6,9-10,14H,2-4,7-8,11-13H2,1H3,(H,19,21)/p+1/t14-/m0/s1. The first kappa shape index (κ1) is 16.3. The Morgan fingerprint density at radius 2 is 1.81 bits per heavy atom. The van der Waals surface area contributed by atoms with Crippen LogP contribution >= 0.6 is 11.6 Å². The van der Waals surface area contributed by atoms with Crippen molar-refractivity contribution in [2.24, 2.45) is 0 Å². The lowest BCUT2D eigenvalue weighted by atomic mass is 10.1. The minimum absolute atomic E-state index is 0.0413. The van der Waals surface area contributed by atoms with Crippen LogP contribution in [0.5, 0.6) is 0 Å². The molecular formula is C17H26ClN2O+. The Bertz CT molecular complexity index is 456. The molecule has 1 atom stereocenters. The van der Waals surface area contributed by atoms with Crippen LogP contribution in [0, 0.1) is 0 Å². The van der Waals surface area contributed by atoms with Gasteiger partial charge in [-0.25, -0.2) is 0 Å². The smallest absolute Gasteiger partial charge is 0.275 e. The average Bonchev–Trinajstić information content (AvgIpc) is 2.42. The summed E-state index contributed by atoms with van der Waals surface area (Å²) in [5.41, 5.74) is 0.982. The van der Waals surface area contributed by atoms with Gasteiger partial charge < -0.3 is 10.2 Å². The molecule has 1 saturated heterocycles. The van der Waals surface area contributed by atoms with Crippen LogP contribution in [-0.4, -0.2) is 25.5 Å².